The van der Waals surface area contributed by atoms with Crippen LogP contribution in [-0.4, -0.2) is 48.1 Å². The first-order chi connectivity index (χ1) is 12.6. The average Bonchev–Trinajstić information content (AvgIpc) is 3.04. The van der Waals surface area contributed by atoms with Gasteiger partial charge in [0.05, 0.1) is 0 Å². The fourth-order valence-electron chi connectivity index (χ4n) is 4.14. The predicted molar refractivity (Wildman–Crippen MR) is 104 cm³/mol. The molecule has 0 unspecified atom stereocenters. The smallest absolute Gasteiger partial charge is 0.246 e. The van der Waals surface area contributed by atoms with Crippen molar-refractivity contribution >= 4 is 17.6 Å². The van der Waals surface area contributed by atoms with E-state index >= 15 is 0 Å². The molecule has 142 valence electrons. The molecule has 2 fully saturated rings. The number of nitrogens with zero attached hydrogens (tertiary/aromatic N) is 2. The van der Waals surface area contributed by atoms with Crippen LogP contribution in [-0.2, 0) is 4.79 Å². The maximum absolute atomic E-state index is 12.2. The molecule has 0 bridgehead atoms. The van der Waals surface area contributed by atoms with Gasteiger partial charge in [-0.1, -0.05) is 19.3 Å². The standard InChI is InChI=1S/C20H30N4O2/c1-2-21-19(24-13-12-20(15-24)10-4-3-5-11-20)22-14-18(26)23-16-6-8-17(25)9-7-16/h6-9,25H,2-5,10-15H2,1H3,(H,21,22)(H,23,26). The molecule has 26 heavy (non-hydrogen) atoms. The molecular weight excluding hydrogens is 328 g/mol. The minimum Gasteiger partial charge on any atom is -0.508 e. The molecular formula is C20H30N4O2. The Labute approximate surface area is 155 Å². The fraction of sp³-hybridized carbons (Fsp3) is 0.600. The van der Waals surface area contributed by atoms with Crippen LogP contribution in [0.5, 0.6) is 5.75 Å². The third kappa shape index (κ3) is 4.68. The summed E-state index contributed by atoms with van der Waals surface area (Å²) in [5, 5.41) is 15.5. The molecule has 1 saturated heterocycles. The normalized spacial score (nSPS) is 19.6. The lowest BCUT2D eigenvalue weighted by atomic mass is 9.73. The molecule has 1 aromatic rings. The van der Waals surface area contributed by atoms with Gasteiger partial charge in [-0.15, -0.1) is 0 Å². The number of phenols is 1. The maximum Gasteiger partial charge on any atom is 0.246 e. The van der Waals surface area contributed by atoms with Gasteiger partial charge in [-0.05, 0) is 55.9 Å². The summed E-state index contributed by atoms with van der Waals surface area (Å²) in [5.74, 6) is 0.870. The largest absolute Gasteiger partial charge is 0.508 e. The van der Waals surface area contributed by atoms with Gasteiger partial charge in [-0.2, -0.15) is 0 Å². The van der Waals surface area contributed by atoms with Gasteiger partial charge >= 0.3 is 0 Å². The van der Waals surface area contributed by atoms with E-state index in [4.69, 9.17) is 0 Å². The first-order valence-electron chi connectivity index (χ1n) is 9.72. The Kier molecular flexibility index (Phi) is 6.01. The van der Waals surface area contributed by atoms with Crippen molar-refractivity contribution in [1.29, 1.82) is 0 Å². The molecule has 6 nitrogen and oxygen atoms in total. The van der Waals surface area contributed by atoms with Gasteiger partial charge in [0.15, 0.2) is 5.96 Å². The molecule has 1 amide bonds. The van der Waals surface area contributed by atoms with Crippen LogP contribution in [0.4, 0.5) is 5.69 Å². The number of anilines is 1. The topological polar surface area (TPSA) is 77.0 Å². The molecule has 3 rings (SSSR count). The maximum atomic E-state index is 12.2. The summed E-state index contributed by atoms with van der Waals surface area (Å²) in [4.78, 5) is 19.1. The van der Waals surface area contributed by atoms with Crippen LogP contribution in [0.25, 0.3) is 0 Å². The number of aromatic hydroxyl groups is 1. The first-order valence-corrected chi connectivity index (χ1v) is 9.72. The van der Waals surface area contributed by atoms with Gasteiger partial charge in [0.2, 0.25) is 5.91 Å². The monoisotopic (exact) mass is 358 g/mol. The van der Waals surface area contributed by atoms with Gasteiger partial charge in [0.25, 0.3) is 0 Å². The number of likely N-dealkylation sites (tertiary alicyclic amines) is 1. The highest BCUT2D eigenvalue weighted by Gasteiger charge is 2.39. The second kappa shape index (κ2) is 8.43. The lowest BCUT2D eigenvalue weighted by Gasteiger charge is -2.33. The van der Waals surface area contributed by atoms with Crippen LogP contribution in [0, 0.1) is 5.41 Å². The molecule has 6 heteroatoms. The lowest BCUT2D eigenvalue weighted by Crippen LogP contribution is -2.42. The zero-order valence-corrected chi connectivity index (χ0v) is 15.6. The van der Waals surface area contributed by atoms with E-state index < -0.39 is 0 Å². The summed E-state index contributed by atoms with van der Waals surface area (Å²) in [6, 6.07) is 6.46. The molecule has 0 radical (unpaired) electrons. The zero-order valence-electron chi connectivity index (χ0n) is 15.6. The number of hydrogen-bond donors (Lipinski definition) is 3. The average molecular weight is 358 g/mol. The number of amides is 1. The van der Waals surface area contributed by atoms with Crippen LogP contribution < -0.4 is 10.6 Å². The van der Waals surface area contributed by atoms with Crippen molar-refractivity contribution in [3.8, 4) is 5.75 Å². The number of carbonyl (C=O) groups excluding carboxylic acids is 1. The number of guanidine groups is 1. The summed E-state index contributed by atoms with van der Waals surface area (Å²) in [5.41, 5.74) is 1.12. The van der Waals surface area contributed by atoms with E-state index in [2.05, 4.69) is 27.4 Å². The quantitative estimate of drug-likeness (QED) is 0.439. The Hall–Kier alpha value is -2.24. The van der Waals surface area contributed by atoms with Crippen molar-refractivity contribution in [2.75, 3.05) is 31.5 Å². The molecule has 1 spiro atoms. The molecule has 1 aliphatic carbocycles. The van der Waals surface area contributed by atoms with E-state index in [-0.39, 0.29) is 18.2 Å². The van der Waals surface area contributed by atoms with E-state index in [1.54, 1.807) is 24.3 Å². The number of aliphatic imine (C=N–C) groups is 1. The van der Waals surface area contributed by atoms with Gasteiger partial charge in [-0.25, -0.2) is 4.99 Å². The van der Waals surface area contributed by atoms with E-state index in [1.165, 1.54) is 38.5 Å². The van der Waals surface area contributed by atoms with E-state index in [1.807, 2.05) is 0 Å². The van der Waals surface area contributed by atoms with Gasteiger partial charge in [0.1, 0.15) is 12.3 Å². The van der Waals surface area contributed by atoms with Gasteiger partial charge in [-0.3, -0.25) is 4.79 Å². The highest BCUT2D eigenvalue weighted by Crippen LogP contribution is 2.43. The van der Waals surface area contributed by atoms with Crippen molar-refractivity contribution in [2.24, 2.45) is 10.4 Å². The SMILES string of the molecule is CCNC(=NCC(=O)Nc1ccc(O)cc1)N1CCC2(CCCCC2)C1. The number of rotatable bonds is 4. The van der Waals surface area contributed by atoms with Crippen LogP contribution in [0.15, 0.2) is 29.3 Å². The second-order valence-corrected chi connectivity index (χ2v) is 7.50. The number of nitrogens with one attached hydrogen (secondary N) is 2. The zero-order chi connectivity index (χ0) is 18.4. The third-order valence-electron chi connectivity index (χ3n) is 5.51. The molecule has 1 heterocycles. The number of carbonyl (C=O) groups is 1. The third-order valence-corrected chi connectivity index (χ3v) is 5.51. The van der Waals surface area contributed by atoms with E-state index in [0.717, 1.165) is 25.6 Å². The summed E-state index contributed by atoms with van der Waals surface area (Å²) in [7, 11) is 0. The Morgan fingerprint density at radius 1 is 1.19 bits per heavy atom. The Morgan fingerprint density at radius 3 is 2.62 bits per heavy atom. The minimum atomic E-state index is -0.155. The number of benzene rings is 1. The molecule has 1 aromatic carbocycles. The lowest BCUT2D eigenvalue weighted by molar-refractivity contribution is -0.114. The molecule has 1 saturated carbocycles. The molecule has 0 aromatic heterocycles. The molecule has 3 N–H and O–H groups in total. The Bertz CT molecular complexity index is 636. The Balaban J connectivity index is 1.58. The number of hydrogen-bond acceptors (Lipinski definition) is 3. The highest BCUT2D eigenvalue weighted by molar-refractivity contribution is 5.94. The van der Waals surface area contributed by atoms with Crippen molar-refractivity contribution < 1.29 is 9.90 Å². The summed E-state index contributed by atoms with van der Waals surface area (Å²) in [6.45, 7) is 5.01. The van der Waals surface area contributed by atoms with Crippen LogP contribution in [0.3, 0.4) is 0 Å². The van der Waals surface area contributed by atoms with Crippen LogP contribution in [0.2, 0.25) is 0 Å². The van der Waals surface area contributed by atoms with Crippen molar-refractivity contribution in [2.45, 2.75) is 45.4 Å². The van der Waals surface area contributed by atoms with Gasteiger partial charge < -0.3 is 20.6 Å². The molecule has 0 atom stereocenters. The number of phenolic OH excluding ortho intramolecular Hbond substituents is 1. The van der Waals surface area contributed by atoms with E-state index in [0.29, 0.717) is 11.1 Å². The fourth-order valence-corrected chi connectivity index (χ4v) is 4.14. The second-order valence-electron chi connectivity index (χ2n) is 7.50. The van der Waals surface area contributed by atoms with Gasteiger partial charge in [0, 0.05) is 25.3 Å². The summed E-state index contributed by atoms with van der Waals surface area (Å²) < 4.78 is 0. The predicted octanol–water partition coefficient (Wildman–Crippen LogP) is 2.95. The summed E-state index contributed by atoms with van der Waals surface area (Å²) in [6.07, 6.45) is 7.94. The molecule has 2 aliphatic rings. The highest BCUT2D eigenvalue weighted by atomic mass is 16.3. The molecule has 1 aliphatic heterocycles. The minimum absolute atomic E-state index is 0.0900. The van der Waals surface area contributed by atoms with E-state index in [9.17, 15) is 9.90 Å². The van der Waals surface area contributed by atoms with Crippen molar-refractivity contribution in [3.63, 3.8) is 0 Å². The summed E-state index contributed by atoms with van der Waals surface area (Å²) >= 11 is 0. The van der Waals surface area contributed by atoms with Crippen LogP contribution >= 0.6 is 0 Å². The van der Waals surface area contributed by atoms with Crippen molar-refractivity contribution in [3.05, 3.63) is 24.3 Å². The Morgan fingerprint density at radius 2 is 1.92 bits per heavy atom. The van der Waals surface area contributed by atoms with Crippen LogP contribution in [0.1, 0.15) is 45.4 Å². The van der Waals surface area contributed by atoms with Crippen molar-refractivity contribution in [1.82, 2.24) is 10.2 Å². The first kappa shape index (κ1) is 18.5.